The Kier molecular flexibility index (Phi) is 9.79. The standard InChI is InChI=1S/C19H24FN3O2.HI/c1-14-7-8-15(11-18(14)20)13-23-19(21-2)22-9-10-25-17-6-4-5-16(12-17)24-3;/h4-8,11-12H,9-10,13H2,1-3H3,(H2,21,22,23);1H. The average molecular weight is 473 g/mol. The Morgan fingerprint density at radius 1 is 1.12 bits per heavy atom. The molecule has 0 saturated heterocycles. The van der Waals surface area contributed by atoms with Crippen molar-refractivity contribution in [3.05, 3.63) is 59.4 Å². The lowest BCUT2D eigenvalue weighted by Gasteiger charge is -2.13. The first-order valence-electron chi connectivity index (χ1n) is 8.09. The van der Waals surface area contributed by atoms with Crippen molar-refractivity contribution >= 4 is 29.9 Å². The third kappa shape index (κ3) is 7.07. The van der Waals surface area contributed by atoms with Crippen molar-refractivity contribution in [3.8, 4) is 11.5 Å². The maximum Gasteiger partial charge on any atom is 0.191 e. The Hall–Kier alpha value is -2.03. The van der Waals surface area contributed by atoms with Crippen LogP contribution in [0.1, 0.15) is 11.1 Å². The molecular formula is C19H25FIN3O2. The first-order valence-corrected chi connectivity index (χ1v) is 8.09. The van der Waals surface area contributed by atoms with Crippen LogP contribution >= 0.6 is 24.0 Å². The molecule has 0 aliphatic carbocycles. The number of methoxy groups -OCH3 is 1. The highest BCUT2D eigenvalue weighted by Gasteiger charge is 2.02. The fraction of sp³-hybridized carbons (Fsp3) is 0.316. The molecule has 0 amide bonds. The van der Waals surface area contributed by atoms with E-state index in [0.717, 1.165) is 17.1 Å². The second-order valence-corrected chi connectivity index (χ2v) is 5.46. The predicted octanol–water partition coefficient (Wildman–Crippen LogP) is 3.50. The van der Waals surface area contributed by atoms with Crippen molar-refractivity contribution in [3.63, 3.8) is 0 Å². The Bertz CT molecular complexity index is 726. The van der Waals surface area contributed by atoms with E-state index in [4.69, 9.17) is 9.47 Å². The minimum atomic E-state index is -0.200. The zero-order valence-electron chi connectivity index (χ0n) is 15.2. The Morgan fingerprint density at radius 2 is 1.88 bits per heavy atom. The Labute approximate surface area is 171 Å². The van der Waals surface area contributed by atoms with Crippen molar-refractivity contribution in [1.82, 2.24) is 10.6 Å². The van der Waals surface area contributed by atoms with Crippen LogP contribution in [0.15, 0.2) is 47.5 Å². The number of nitrogens with zero attached hydrogens (tertiary/aromatic N) is 1. The van der Waals surface area contributed by atoms with Gasteiger partial charge in [0.25, 0.3) is 0 Å². The summed E-state index contributed by atoms with van der Waals surface area (Å²) in [6.07, 6.45) is 0. The van der Waals surface area contributed by atoms with Crippen LogP contribution in [0.4, 0.5) is 4.39 Å². The monoisotopic (exact) mass is 473 g/mol. The van der Waals surface area contributed by atoms with Crippen LogP contribution in [-0.2, 0) is 6.54 Å². The average Bonchev–Trinajstić information content (AvgIpc) is 2.64. The van der Waals surface area contributed by atoms with E-state index in [1.807, 2.05) is 30.3 Å². The SMILES string of the molecule is CN=C(NCCOc1cccc(OC)c1)NCc1ccc(C)c(F)c1.I. The van der Waals surface area contributed by atoms with Gasteiger partial charge in [0.15, 0.2) is 5.96 Å². The van der Waals surface area contributed by atoms with E-state index in [9.17, 15) is 4.39 Å². The van der Waals surface area contributed by atoms with Crippen molar-refractivity contribution in [2.24, 2.45) is 4.99 Å². The van der Waals surface area contributed by atoms with Gasteiger partial charge in [0.05, 0.1) is 13.7 Å². The zero-order chi connectivity index (χ0) is 18.1. The smallest absolute Gasteiger partial charge is 0.191 e. The fourth-order valence-corrected chi connectivity index (χ4v) is 2.18. The summed E-state index contributed by atoms with van der Waals surface area (Å²) in [4.78, 5) is 4.14. The molecule has 5 nitrogen and oxygen atoms in total. The van der Waals surface area contributed by atoms with Crippen molar-refractivity contribution in [2.75, 3.05) is 27.3 Å². The van der Waals surface area contributed by atoms with E-state index in [1.165, 1.54) is 6.07 Å². The van der Waals surface area contributed by atoms with Crippen LogP contribution < -0.4 is 20.1 Å². The third-order valence-corrected chi connectivity index (χ3v) is 3.62. The van der Waals surface area contributed by atoms with Gasteiger partial charge < -0.3 is 20.1 Å². The summed E-state index contributed by atoms with van der Waals surface area (Å²) in [6, 6.07) is 12.6. The van der Waals surface area contributed by atoms with Crippen molar-refractivity contribution < 1.29 is 13.9 Å². The molecule has 0 radical (unpaired) electrons. The molecule has 142 valence electrons. The molecule has 0 unspecified atom stereocenters. The van der Waals surface area contributed by atoms with Crippen molar-refractivity contribution in [2.45, 2.75) is 13.5 Å². The summed E-state index contributed by atoms with van der Waals surface area (Å²) >= 11 is 0. The number of guanidine groups is 1. The summed E-state index contributed by atoms with van der Waals surface area (Å²) < 4.78 is 24.4. The number of ether oxygens (including phenoxy) is 2. The molecule has 0 atom stereocenters. The molecule has 26 heavy (non-hydrogen) atoms. The van der Waals surface area contributed by atoms with Gasteiger partial charge in [-0.15, -0.1) is 24.0 Å². The number of aliphatic imine (C=N–C) groups is 1. The number of benzene rings is 2. The van der Waals surface area contributed by atoms with Gasteiger partial charge in [-0.1, -0.05) is 18.2 Å². The molecule has 0 fully saturated rings. The summed E-state index contributed by atoms with van der Waals surface area (Å²) in [5, 5.41) is 6.30. The van der Waals surface area contributed by atoms with Crippen LogP contribution in [0, 0.1) is 12.7 Å². The minimum absolute atomic E-state index is 0. The van der Waals surface area contributed by atoms with E-state index in [1.54, 1.807) is 27.1 Å². The molecule has 2 rings (SSSR count). The van der Waals surface area contributed by atoms with Crippen LogP contribution in [0.2, 0.25) is 0 Å². The molecule has 2 N–H and O–H groups in total. The summed E-state index contributed by atoms with van der Waals surface area (Å²) in [7, 11) is 3.31. The Morgan fingerprint density at radius 3 is 2.58 bits per heavy atom. The van der Waals surface area contributed by atoms with Crippen LogP contribution in [0.5, 0.6) is 11.5 Å². The van der Waals surface area contributed by atoms with E-state index < -0.39 is 0 Å². The number of nitrogens with one attached hydrogen (secondary N) is 2. The molecule has 7 heteroatoms. The normalized spacial score (nSPS) is 10.7. The molecule has 2 aromatic rings. The minimum Gasteiger partial charge on any atom is -0.497 e. The zero-order valence-corrected chi connectivity index (χ0v) is 17.5. The molecule has 0 saturated carbocycles. The summed E-state index contributed by atoms with van der Waals surface area (Å²) in [6.45, 7) is 3.30. The number of hydrogen-bond acceptors (Lipinski definition) is 3. The number of aryl methyl sites for hydroxylation is 1. The van der Waals surface area contributed by atoms with Gasteiger partial charge in [0, 0.05) is 19.7 Å². The highest BCUT2D eigenvalue weighted by Crippen LogP contribution is 2.18. The quantitative estimate of drug-likeness (QED) is 0.280. The number of halogens is 2. The summed E-state index contributed by atoms with van der Waals surface area (Å²) in [5.74, 6) is 1.94. The van der Waals surface area contributed by atoms with E-state index >= 15 is 0 Å². The number of hydrogen-bond donors (Lipinski definition) is 2. The van der Waals surface area contributed by atoms with Gasteiger partial charge in [-0.25, -0.2) is 4.39 Å². The van der Waals surface area contributed by atoms with Gasteiger partial charge >= 0.3 is 0 Å². The second-order valence-electron chi connectivity index (χ2n) is 5.46. The second kappa shape index (κ2) is 11.6. The highest BCUT2D eigenvalue weighted by molar-refractivity contribution is 14.0. The maximum atomic E-state index is 13.6. The van der Waals surface area contributed by atoms with Crippen LogP contribution in [0.3, 0.4) is 0 Å². The third-order valence-electron chi connectivity index (χ3n) is 3.62. The van der Waals surface area contributed by atoms with Gasteiger partial charge in [-0.3, -0.25) is 4.99 Å². The molecule has 0 aliphatic heterocycles. The highest BCUT2D eigenvalue weighted by atomic mass is 127. The maximum absolute atomic E-state index is 13.6. The predicted molar refractivity (Wildman–Crippen MR) is 113 cm³/mol. The van der Waals surface area contributed by atoms with Gasteiger partial charge in [-0.2, -0.15) is 0 Å². The lowest BCUT2D eigenvalue weighted by molar-refractivity contribution is 0.319. The molecule has 0 heterocycles. The van der Waals surface area contributed by atoms with Crippen LogP contribution in [0.25, 0.3) is 0 Å². The molecule has 2 aromatic carbocycles. The van der Waals surface area contributed by atoms with Gasteiger partial charge in [0.2, 0.25) is 0 Å². The fourth-order valence-electron chi connectivity index (χ4n) is 2.18. The molecule has 0 aliphatic rings. The summed E-state index contributed by atoms with van der Waals surface area (Å²) in [5.41, 5.74) is 1.50. The van der Waals surface area contributed by atoms with E-state index in [-0.39, 0.29) is 29.8 Å². The Balaban J connectivity index is 0.00000338. The van der Waals surface area contributed by atoms with Gasteiger partial charge in [-0.05, 0) is 36.2 Å². The molecule has 0 bridgehead atoms. The molecular weight excluding hydrogens is 448 g/mol. The van der Waals surface area contributed by atoms with Crippen LogP contribution in [-0.4, -0.2) is 33.3 Å². The lowest BCUT2D eigenvalue weighted by atomic mass is 10.1. The van der Waals surface area contributed by atoms with Crippen molar-refractivity contribution in [1.29, 1.82) is 0 Å². The van der Waals surface area contributed by atoms with E-state index in [0.29, 0.717) is 31.2 Å². The molecule has 0 spiro atoms. The first kappa shape index (κ1) is 22.0. The number of rotatable bonds is 7. The van der Waals surface area contributed by atoms with E-state index in [2.05, 4.69) is 15.6 Å². The largest absolute Gasteiger partial charge is 0.497 e. The molecule has 0 aromatic heterocycles. The van der Waals surface area contributed by atoms with Gasteiger partial charge in [0.1, 0.15) is 23.9 Å². The lowest BCUT2D eigenvalue weighted by Crippen LogP contribution is -2.38. The topological polar surface area (TPSA) is 54.9 Å². The first-order chi connectivity index (χ1) is 12.1.